The minimum absolute atomic E-state index is 0.114. The topological polar surface area (TPSA) is 20.3 Å². The average molecular weight is 298 g/mol. The summed E-state index contributed by atoms with van der Waals surface area (Å²) >= 11 is 5.75. The fourth-order valence-corrected chi connectivity index (χ4v) is 3.27. The number of hydrogen-bond acceptors (Lipinski definition) is 2. The number of hydrogen-bond donors (Lipinski definition) is 0. The molecule has 0 spiro atoms. The predicted molar refractivity (Wildman–Crippen MR) is 79.6 cm³/mol. The molecule has 0 atom stereocenters. The van der Waals surface area contributed by atoms with Crippen LogP contribution in [0.5, 0.6) is 0 Å². The molecule has 1 saturated carbocycles. The summed E-state index contributed by atoms with van der Waals surface area (Å²) in [4.78, 5) is 14.7. The molecule has 1 aromatic rings. The number of benzene rings is 1. The summed E-state index contributed by atoms with van der Waals surface area (Å²) in [6, 6.07) is 4.52. The van der Waals surface area contributed by atoms with Crippen LogP contribution in [0.25, 0.3) is 0 Å². The molecule has 0 heterocycles. The average Bonchev–Trinajstić information content (AvgIpc) is 2.42. The lowest BCUT2D eigenvalue weighted by Gasteiger charge is -2.41. The van der Waals surface area contributed by atoms with E-state index in [2.05, 4.69) is 0 Å². The van der Waals surface area contributed by atoms with Crippen LogP contribution in [0.3, 0.4) is 0 Å². The van der Waals surface area contributed by atoms with E-state index < -0.39 is 11.4 Å². The third kappa shape index (κ3) is 3.04. The van der Waals surface area contributed by atoms with Crippen molar-refractivity contribution in [3.63, 3.8) is 0 Å². The largest absolute Gasteiger partial charge is 0.297 e. The van der Waals surface area contributed by atoms with Crippen molar-refractivity contribution in [3.8, 4) is 0 Å². The maximum Gasteiger partial charge on any atom is 0.157 e. The Bertz CT molecular complexity index is 495. The molecule has 0 unspecified atom stereocenters. The first kappa shape index (κ1) is 15.5. The lowest BCUT2D eigenvalue weighted by Crippen LogP contribution is -2.53. The Kier molecular flexibility index (Phi) is 4.82. The van der Waals surface area contributed by atoms with Gasteiger partial charge in [0.25, 0.3) is 0 Å². The van der Waals surface area contributed by atoms with E-state index in [1.54, 1.807) is 12.1 Å². The molecule has 0 N–H and O–H groups in total. The van der Waals surface area contributed by atoms with Crippen molar-refractivity contribution < 1.29 is 9.18 Å². The van der Waals surface area contributed by atoms with E-state index in [4.69, 9.17) is 11.6 Å². The summed E-state index contributed by atoms with van der Waals surface area (Å²) in [6.07, 6.45) is 5.18. The van der Waals surface area contributed by atoms with Gasteiger partial charge in [-0.1, -0.05) is 36.9 Å². The monoisotopic (exact) mass is 297 g/mol. The molecule has 4 heteroatoms. The van der Waals surface area contributed by atoms with Crippen LogP contribution in [0, 0.1) is 5.82 Å². The number of rotatable bonds is 4. The van der Waals surface area contributed by atoms with Gasteiger partial charge in [-0.15, -0.1) is 0 Å². The highest BCUT2D eigenvalue weighted by Gasteiger charge is 2.40. The van der Waals surface area contributed by atoms with Gasteiger partial charge in [-0.2, -0.15) is 0 Å². The van der Waals surface area contributed by atoms with Gasteiger partial charge >= 0.3 is 0 Å². The van der Waals surface area contributed by atoms with Gasteiger partial charge in [-0.3, -0.25) is 9.69 Å². The summed E-state index contributed by atoms with van der Waals surface area (Å²) in [6.45, 7) is 0. The molecular formula is C16H21ClFNO. The summed E-state index contributed by atoms with van der Waals surface area (Å²) in [7, 11) is 3.89. The zero-order valence-electron chi connectivity index (χ0n) is 12.1. The molecule has 2 nitrogen and oxygen atoms in total. The van der Waals surface area contributed by atoms with Crippen LogP contribution in [-0.2, 0) is 11.2 Å². The molecule has 1 aliphatic rings. The van der Waals surface area contributed by atoms with Crippen molar-refractivity contribution in [2.45, 2.75) is 44.1 Å². The molecule has 1 aliphatic carbocycles. The highest BCUT2D eigenvalue weighted by molar-refractivity contribution is 6.30. The van der Waals surface area contributed by atoms with Gasteiger partial charge < -0.3 is 0 Å². The molecular weight excluding hydrogens is 277 g/mol. The second-order valence-corrected chi connectivity index (χ2v) is 6.26. The maximum absolute atomic E-state index is 13.9. The molecule has 1 aromatic carbocycles. The van der Waals surface area contributed by atoms with E-state index in [-0.39, 0.29) is 12.2 Å². The Balaban J connectivity index is 2.20. The van der Waals surface area contributed by atoms with Crippen molar-refractivity contribution in [3.05, 3.63) is 34.6 Å². The number of likely N-dealkylation sites (N-methyl/N-ethyl adjacent to an activating group) is 1. The molecule has 0 saturated heterocycles. The molecule has 0 radical (unpaired) electrons. The minimum Gasteiger partial charge on any atom is -0.297 e. The number of ketones is 1. The van der Waals surface area contributed by atoms with Gasteiger partial charge in [-0.05, 0) is 44.6 Å². The Hall–Kier alpha value is -0.930. The van der Waals surface area contributed by atoms with Gasteiger partial charge in [0.15, 0.2) is 5.78 Å². The third-order valence-electron chi connectivity index (χ3n) is 4.42. The number of Topliss-reactive ketones (excluding diaryl/α,β-unsaturated/α-hetero) is 1. The smallest absolute Gasteiger partial charge is 0.157 e. The SMILES string of the molecule is CN(C)C1(C(=O)Cc2ccc(Cl)cc2F)CCCCC1. The van der Waals surface area contributed by atoms with E-state index >= 15 is 0 Å². The van der Waals surface area contributed by atoms with Crippen molar-refractivity contribution in [2.75, 3.05) is 14.1 Å². The van der Waals surface area contributed by atoms with Crippen LogP contribution < -0.4 is 0 Å². The van der Waals surface area contributed by atoms with E-state index in [0.717, 1.165) is 25.7 Å². The minimum atomic E-state index is -0.426. The molecule has 0 aliphatic heterocycles. The van der Waals surface area contributed by atoms with Gasteiger partial charge in [-0.25, -0.2) is 4.39 Å². The summed E-state index contributed by atoms with van der Waals surface area (Å²) in [5, 5.41) is 0.360. The van der Waals surface area contributed by atoms with E-state index in [9.17, 15) is 9.18 Å². The van der Waals surface area contributed by atoms with Gasteiger partial charge in [0, 0.05) is 11.4 Å². The zero-order valence-corrected chi connectivity index (χ0v) is 12.8. The Morgan fingerprint density at radius 2 is 1.95 bits per heavy atom. The van der Waals surface area contributed by atoms with Crippen LogP contribution in [0.2, 0.25) is 5.02 Å². The predicted octanol–water partition coefficient (Wildman–Crippen LogP) is 3.86. The first-order valence-corrected chi connectivity index (χ1v) is 7.48. The standard InChI is InChI=1S/C16H21ClFNO/c1-19(2)16(8-4-3-5-9-16)15(20)10-12-6-7-13(17)11-14(12)18/h6-7,11H,3-5,8-10H2,1-2H3. The highest BCUT2D eigenvalue weighted by Crippen LogP contribution is 2.34. The van der Waals surface area contributed by atoms with Gasteiger partial charge in [0.05, 0.1) is 5.54 Å². The molecule has 0 aromatic heterocycles. The summed E-state index contributed by atoms with van der Waals surface area (Å²) < 4.78 is 13.9. The lowest BCUT2D eigenvalue weighted by molar-refractivity contribution is -0.131. The maximum atomic E-state index is 13.9. The second kappa shape index (κ2) is 6.23. The molecule has 2 rings (SSSR count). The van der Waals surface area contributed by atoms with Crippen molar-refractivity contribution >= 4 is 17.4 Å². The van der Waals surface area contributed by atoms with E-state index in [1.165, 1.54) is 12.5 Å². The Morgan fingerprint density at radius 3 is 2.50 bits per heavy atom. The first-order valence-electron chi connectivity index (χ1n) is 7.10. The fraction of sp³-hybridized carbons (Fsp3) is 0.562. The van der Waals surface area contributed by atoms with Crippen LogP contribution in [0.1, 0.15) is 37.7 Å². The Labute approximate surface area is 124 Å². The molecule has 0 amide bonds. The normalized spacial score (nSPS) is 18.2. The number of halogens is 2. The van der Waals surface area contributed by atoms with Gasteiger partial charge in [0.1, 0.15) is 5.82 Å². The molecule has 110 valence electrons. The number of carbonyl (C=O) groups excluding carboxylic acids is 1. The molecule has 0 bridgehead atoms. The van der Waals surface area contributed by atoms with Crippen LogP contribution in [0.15, 0.2) is 18.2 Å². The quantitative estimate of drug-likeness (QED) is 0.841. The molecule has 1 fully saturated rings. The lowest BCUT2D eigenvalue weighted by atomic mass is 9.76. The fourth-order valence-electron chi connectivity index (χ4n) is 3.11. The van der Waals surface area contributed by atoms with E-state index in [1.807, 2.05) is 19.0 Å². The van der Waals surface area contributed by atoms with Crippen molar-refractivity contribution in [1.29, 1.82) is 0 Å². The van der Waals surface area contributed by atoms with Gasteiger partial charge in [0.2, 0.25) is 0 Å². The molecule has 20 heavy (non-hydrogen) atoms. The van der Waals surface area contributed by atoms with Crippen LogP contribution in [-0.4, -0.2) is 30.3 Å². The van der Waals surface area contributed by atoms with E-state index in [0.29, 0.717) is 10.6 Å². The number of carbonyl (C=O) groups is 1. The van der Waals surface area contributed by atoms with Crippen LogP contribution in [0.4, 0.5) is 4.39 Å². The highest BCUT2D eigenvalue weighted by atomic mass is 35.5. The van der Waals surface area contributed by atoms with Crippen LogP contribution >= 0.6 is 11.6 Å². The zero-order chi connectivity index (χ0) is 14.8. The van der Waals surface area contributed by atoms with Crippen molar-refractivity contribution in [1.82, 2.24) is 4.90 Å². The van der Waals surface area contributed by atoms with Crippen molar-refractivity contribution in [2.24, 2.45) is 0 Å². The second-order valence-electron chi connectivity index (χ2n) is 5.82. The first-order chi connectivity index (χ1) is 9.45. The number of nitrogens with zero attached hydrogens (tertiary/aromatic N) is 1. The third-order valence-corrected chi connectivity index (χ3v) is 4.66. The summed E-state index contributed by atoms with van der Waals surface area (Å²) in [5.41, 5.74) is 0.0100. The summed E-state index contributed by atoms with van der Waals surface area (Å²) in [5.74, 6) is -0.279. The Morgan fingerprint density at radius 1 is 1.30 bits per heavy atom.